The highest BCUT2D eigenvalue weighted by Gasteiger charge is 2.37. The highest BCUT2D eigenvalue weighted by molar-refractivity contribution is 5.91. The van der Waals surface area contributed by atoms with Crippen LogP contribution in [-0.2, 0) is 20.7 Å². The Morgan fingerprint density at radius 2 is 1.92 bits per heavy atom. The molecule has 0 radical (unpaired) electrons. The van der Waals surface area contributed by atoms with Gasteiger partial charge in [0.05, 0.1) is 0 Å². The highest BCUT2D eigenvalue weighted by atomic mass is 16.6. The lowest BCUT2D eigenvalue weighted by Gasteiger charge is -2.28. The summed E-state index contributed by atoms with van der Waals surface area (Å²) in [6.45, 7) is 5.78. The molecule has 2 rings (SSSR count). The molecule has 0 bridgehead atoms. The molecule has 1 heterocycles. The van der Waals surface area contributed by atoms with E-state index < -0.39 is 29.7 Å². The number of ether oxygens (including phenoxy) is 1. The predicted molar refractivity (Wildman–Crippen MR) is 97.2 cm³/mol. The monoisotopic (exact) mass is 361 g/mol. The van der Waals surface area contributed by atoms with Gasteiger partial charge in [0.15, 0.2) is 0 Å². The van der Waals surface area contributed by atoms with E-state index in [0.717, 1.165) is 5.56 Å². The Balaban J connectivity index is 2.03. The summed E-state index contributed by atoms with van der Waals surface area (Å²) in [4.78, 5) is 38.2. The van der Waals surface area contributed by atoms with E-state index in [1.807, 2.05) is 30.3 Å². The predicted octanol–water partition coefficient (Wildman–Crippen LogP) is 1.60. The first-order valence-electron chi connectivity index (χ1n) is 8.80. The molecule has 0 saturated carbocycles. The van der Waals surface area contributed by atoms with Crippen molar-refractivity contribution in [3.8, 4) is 0 Å². The minimum atomic E-state index is -0.828. The number of nitrogens with two attached hydrogens (primary N) is 1. The largest absolute Gasteiger partial charge is 0.444 e. The molecule has 1 fully saturated rings. The number of carbonyl (C=O) groups excluding carboxylic acids is 3. The van der Waals surface area contributed by atoms with Gasteiger partial charge in [-0.1, -0.05) is 30.3 Å². The van der Waals surface area contributed by atoms with E-state index in [1.165, 1.54) is 4.90 Å². The van der Waals surface area contributed by atoms with Gasteiger partial charge < -0.3 is 15.8 Å². The van der Waals surface area contributed by atoms with Crippen molar-refractivity contribution in [3.05, 3.63) is 35.9 Å². The van der Waals surface area contributed by atoms with E-state index >= 15 is 0 Å². The molecule has 2 unspecified atom stereocenters. The van der Waals surface area contributed by atoms with E-state index in [2.05, 4.69) is 5.32 Å². The van der Waals surface area contributed by atoms with Crippen LogP contribution in [0.15, 0.2) is 30.3 Å². The van der Waals surface area contributed by atoms with E-state index in [0.29, 0.717) is 25.8 Å². The van der Waals surface area contributed by atoms with Gasteiger partial charge in [0, 0.05) is 13.0 Å². The number of primary amides is 1. The number of amides is 3. The Morgan fingerprint density at radius 3 is 2.50 bits per heavy atom. The maximum Gasteiger partial charge on any atom is 0.410 e. The fourth-order valence-electron chi connectivity index (χ4n) is 2.92. The van der Waals surface area contributed by atoms with Gasteiger partial charge in [-0.2, -0.15) is 0 Å². The summed E-state index contributed by atoms with van der Waals surface area (Å²) in [6.07, 6.45) is 1.02. The van der Waals surface area contributed by atoms with Crippen molar-refractivity contribution in [1.82, 2.24) is 10.2 Å². The van der Waals surface area contributed by atoms with Crippen molar-refractivity contribution in [1.29, 1.82) is 0 Å². The first-order valence-corrected chi connectivity index (χ1v) is 8.80. The van der Waals surface area contributed by atoms with Gasteiger partial charge in [0.2, 0.25) is 11.8 Å². The minimum absolute atomic E-state index is 0.307. The Morgan fingerprint density at radius 1 is 1.27 bits per heavy atom. The number of likely N-dealkylation sites (tertiary alicyclic amines) is 1. The van der Waals surface area contributed by atoms with Gasteiger partial charge in [-0.25, -0.2) is 4.79 Å². The summed E-state index contributed by atoms with van der Waals surface area (Å²) >= 11 is 0. The Bertz CT molecular complexity index is 654. The zero-order valence-corrected chi connectivity index (χ0v) is 15.5. The van der Waals surface area contributed by atoms with Crippen molar-refractivity contribution in [2.24, 2.45) is 5.73 Å². The quantitative estimate of drug-likeness (QED) is 0.831. The molecule has 1 aromatic carbocycles. The summed E-state index contributed by atoms with van der Waals surface area (Å²) in [7, 11) is 0. The molecule has 0 spiro atoms. The molecule has 7 heteroatoms. The summed E-state index contributed by atoms with van der Waals surface area (Å²) in [5, 5.41) is 2.69. The van der Waals surface area contributed by atoms with Crippen LogP contribution in [0.1, 0.15) is 39.2 Å². The summed E-state index contributed by atoms with van der Waals surface area (Å²) in [5.41, 5.74) is 5.71. The van der Waals surface area contributed by atoms with Gasteiger partial charge in [-0.15, -0.1) is 0 Å². The van der Waals surface area contributed by atoms with Gasteiger partial charge in [0.25, 0.3) is 0 Å². The van der Waals surface area contributed by atoms with Crippen LogP contribution in [-0.4, -0.2) is 47.0 Å². The lowest BCUT2D eigenvalue weighted by Crippen LogP contribution is -2.53. The van der Waals surface area contributed by atoms with Crippen molar-refractivity contribution in [2.75, 3.05) is 6.54 Å². The summed E-state index contributed by atoms with van der Waals surface area (Å²) in [6, 6.07) is 7.84. The van der Waals surface area contributed by atoms with Gasteiger partial charge >= 0.3 is 6.09 Å². The van der Waals surface area contributed by atoms with Crippen LogP contribution < -0.4 is 11.1 Å². The number of hydrogen-bond donors (Lipinski definition) is 2. The zero-order chi connectivity index (χ0) is 19.3. The molecule has 2 atom stereocenters. The molecule has 3 amide bonds. The molecule has 1 aromatic rings. The molecule has 0 aromatic heterocycles. The van der Waals surface area contributed by atoms with Gasteiger partial charge in [0.1, 0.15) is 17.7 Å². The Kier molecular flexibility index (Phi) is 6.23. The fourth-order valence-corrected chi connectivity index (χ4v) is 2.92. The average molecular weight is 361 g/mol. The number of nitrogens with one attached hydrogen (secondary N) is 1. The number of hydrogen-bond acceptors (Lipinski definition) is 4. The van der Waals surface area contributed by atoms with E-state index in [-0.39, 0.29) is 5.91 Å². The number of benzene rings is 1. The lowest BCUT2D eigenvalue weighted by atomic mass is 10.0. The standard InChI is InChI=1S/C19H27N3O4/c1-19(2,3)26-18(25)22-11-7-10-15(22)17(24)21-14(16(20)23)12-13-8-5-4-6-9-13/h4-6,8-9,14-15H,7,10-12H2,1-3H3,(H2,20,23)(H,21,24). The molecule has 0 aliphatic carbocycles. The summed E-state index contributed by atoms with van der Waals surface area (Å²) in [5.74, 6) is -0.989. The third-order valence-electron chi connectivity index (χ3n) is 4.13. The van der Waals surface area contributed by atoms with Crippen molar-refractivity contribution < 1.29 is 19.1 Å². The normalized spacial score (nSPS) is 18.3. The minimum Gasteiger partial charge on any atom is -0.444 e. The number of rotatable bonds is 5. The van der Waals surface area contributed by atoms with Crippen molar-refractivity contribution in [2.45, 2.75) is 57.7 Å². The maximum absolute atomic E-state index is 12.7. The Hall–Kier alpha value is -2.57. The molecular weight excluding hydrogens is 334 g/mol. The molecule has 1 aliphatic heterocycles. The van der Waals surface area contributed by atoms with Crippen LogP contribution in [0.2, 0.25) is 0 Å². The zero-order valence-electron chi connectivity index (χ0n) is 15.5. The van der Waals surface area contributed by atoms with E-state index in [4.69, 9.17) is 10.5 Å². The molecular formula is C19H27N3O4. The third-order valence-corrected chi connectivity index (χ3v) is 4.13. The molecule has 7 nitrogen and oxygen atoms in total. The fraction of sp³-hybridized carbons (Fsp3) is 0.526. The first-order chi connectivity index (χ1) is 12.2. The van der Waals surface area contributed by atoms with Gasteiger partial charge in [-0.3, -0.25) is 14.5 Å². The van der Waals surface area contributed by atoms with Crippen molar-refractivity contribution >= 4 is 17.9 Å². The Labute approximate surface area is 153 Å². The second-order valence-corrected chi connectivity index (χ2v) is 7.49. The molecule has 3 N–H and O–H groups in total. The van der Waals surface area contributed by atoms with Crippen LogP contribution in [0, 0.1) is 0 Å². The number of carbonyl (C=O) groups is 3. The van der Waals surface area contributed by atoms with E-state index in [9.17, 15) is 14.4 Å². The van der Waals surface area contributed by atoms with Crippen LogP contribution >= 0.6 is 0 Å². The molecule has 1 saturated heterocycles. The number of nitrogens with zero attached hydrogens (tertiary/aromatic N) is 1. The molecule has 26 heavy (non-hydrogen) atoms. The summed E-state index contributed by atoms with van der Waals surface area (Å²) < 4.78 is 5.37. The van der Waals surface area contributed by atoms with Crippen molar-refractivity contribution in [3.63, 3.8) is 0 Å². The van der Waals surface area contributed by atoms with E-state index in [1.54, 1.807) is 20.8 Å². The average Bonchev–Trinajstić information content (AvgIpc) is 3.03. The second-order valence-electron chi connectivity index (χ2n) is 7.49. The van der Waals surface area contributed by atoms with Crippen LogP contribution in [0.25, 0.3) is 0 Å². The van der Waals surface area contributed by atoms with Crippen LogP contribution in [0.5, 0.6) is 0 Å². The second kappa shape index (κ2) is 8.21. The highest BCUT2D eigenvalue weighted by Crippen LogP contribution is 2.21. The van der Waals surface area contributed by atoms with Gasteiger partial charge in [-0.05, 0) is 39.2 Å². The molecule has 1 aliphatic rings. The third kappa shape index (κ3) is 5.47. The topological polar surface area (TPSA) is 102 Å². The maximum atomic E-state index is 12.7. The first kappa shape index (κ1) is 19.8. The van der Waals surface area contributed by atoms with Crippen LogP contribution in [0.3, 0.4) is 0 Å². The lowest BCUT2D eigenvalue weighted by molar-refractivity contribution is -0.130. The smallest absolute Gasteiger partial charge is 0.410 e. The molecule has 142 valence electrons. The SMILES string of the molecule is CC(C)(C)OC(=O)N1CCCC1C(=O)NC(Cc1ccccc1)C(N)=O. The van der Waals surface area contributed by atoms with Crippen LogP contribution in [0.4, 0.5) is 4.79 Å².